The summed E-state index contributed by atoms with van der Waals surface area (Å²) in [6, 6.07) is 0. The van der Waals surface area contributed by atoms with Crippen LogP contribution >= 0.6 is 0 Å². The third-order valence-corrected chi connectivity index (χ3v) is 2.46. The van der Waals surface area contributed by atoms with E-state index in [1.54, 1.807) is 0 Å². The fourth-order valence-electron chi connectivity index (χ4n) is 1.74. The third-order valence-electron chi connectivity index (χ3n) is 2.46. The largest absolute Gasteiger partial charge is 0.498 e. The van der Waals surface area contributed by atoms with Gasteiger partial charge in [-0.2, -0.15) is 0 Å². The number of hydrogen-bond donors (Lipinski definition) is 0. The van der Waals surface area contributed by atoms with Crippen molar-refractivity contribution in [2.24, 2.45) is 0 Å². The van der Waals surface area contributed by atoms with Gasteiger partial charge in [0.25, 0.3) is 0 Å². The Morgan fingerprint density at radius 3 is 2.17 bits per heavy atom. The quantitative estimate of drug-likeness (QED) is 0.572. The van der Waals surface area contributed by atoms with Gasteiger partial charge in [-0.1, -0.05) is 25.3 Å². The molecule has 70 valence electrons. The second-order valence-corrected chi connectivity index (χ2v) is 3.57. The molecule has 1 fully saturated rings. The van der Waals surface area contributed by atoms with Crippen LogP contribution in [0.25, 0.3) is 0 Å². The van der Waals surface area contributed by atoms with E-state index in [1.807, 2.05) is 19.3 Å². The average molecular weight is 168 g/mol. The monoisotopic (exact) mass is 168 g/mol. The molecular weight excluding hydrogens is 148 g/mol. The van der Waals surface area contributed by atoms with Crippen molar-refractivity contribution in [1.82, 2.24) is 0 Å². The maximum atomic E-state index is 5.59. The molecule has 1 nitrogen and oxygen atoms in total. The minimum Gasteiger partial charge on any atom is -0.498 e. The summed E-state index contributed by atoms with van der Waals surface area (Å²) in [5, 5.41) is 0. The topological polar surface area (TPSA) is 9.23 Å². The molecule has 0 atom stereocenters. The smallest absolute Gasteiger partial charge is 0.0978 e. The summed E-state index contributed by atoms with van der Waals surface area (Å²) in [4.78, 5) is 0. The predicted octanol–water partition coefficient (Wildman–Crippen LogP) is 3.65. The van der Waals surface area contributed by atoms with Crippen molar-refractivity contribution < 1.29 is 4.74 Å². The molecule has 0 aliphatic heterocycles. The van der Waals surface area contributed by atoms with E-state index in [0.29, 0.717) is 6.10 Å². The normalized spacial score (nSPS) is 22.1. The molecule has 0 aromatic rings. The van der Waals surface area contributed by atoms with Gasteiger partial charge in [0.2, 0.25) is 0 Å². The minimum absolute atomic E-state index is 0.501. The Balaban J connectivity index is 2.20. The maximum absolute atomic E-state index is 5.59. The lowest BCUT2D eigenvalue weighted by atomic mass is 9.99. The van der Waals surface area contributed by atoms with Crippen molar-refractivity contribution in [2.45, 2.75) is 58.0 Å². The molecule has 1 heteroatoms. The predicted molar refractivity (Wildman–Crippen MR) is 52.0 cm³/mol. The van der Waals surface area contributed by atoms with Crippen molar-refractivity contribution in [3.8, 4) is 0 Å². The molecule has 0 radical (unpaired) electrons. The SMILES string of the molecule is CC=COC1CCCCCCC1. The molecule has 0 saturated heterocycles. The third kappa shape index (κ3) is 3.80. The standard InChI is InChI=1S/C11H20O/c1-2-10-12-11-8-6-4-3-5-7-9-11/h2,10-11H,3-9H2,1H3. The zero-order valence-electron chi connectivity index (χ0n) is 8.09. The summed E-state index contributed by atoms with van der Waals surface area (Å²) in [7, 11) is 0. The van der Waals surface area contributed by atoms with Crippen LogP contribution < -0.4 is 0 Å². The van der Waals surface area contributed by atoms with Gasteiger partial charge in [-0.3, -0.25) is 0 Å². The number of rotatable bonds is 2. The van der Waals surface area contributed by atoms with Crippen molar-refractivity contribution in [2.75, 3.05) is 0 Å². The van der Waals surface area contributed by atoms with Gasteiger partial charge < -0.3 is 4.74 Å². The van der Waals surface area contributed by atoms with E-state index < -0.39 is 0 Å². The number of allylic oxidation sites excluding steroid dienone is 1. The average Bonchev–Trinajstić information content (AvgIpc) is 2.02. The number of ether oxygens (including phenoxy) is 1. The molecule has 0 aromatic heterocycles. The van der Waals surface area contributed by atoms with Gasteiger partial charge in [0.15, 0.2) is 0 Å². The van der Waals surface area contributed by atoms with Crippen LogP contribution in [0.5, 0.6) is 0 Å². The Hall–Kier alpha value is -0.460. The second kappa shape index (κ2) is 6.10. The molecule has 0 spiro atoms. The van der Waals surface area contributed by atoms with Crippen LogP contribution in [0.15, 0.2) is 12.3 Å². The zero-order valence-corrected chi connectivity index (χ0v) is 8.09. The summed E-state index contributed by atoms with van der Waals surface area (Å²) in [5.74, 6) is 0. The maximum Gasteiger partial charge on any atom is 0.0978 e. The van der Waals surface area contributed by atoms with Crippen molar-refractivity contribution in [3.05, 3.63) is 12.3 Å². The van der Waals surface area contributed by atoms with E-state index >= 15 is 0 Å². The first-order chi connectivity index (χ1) is 5.93. The fourth-order valence-corrected chi connectivity index (χ4v) is 1.74. The van der Waals surface area contributed by atoms with Gasteiger partial charge >= 0.3 is 0 Å². The van der Waals surface area contributed by atoms with Gasteiger partial charge in [0.1, 0.15) is 0 Å². The molecule has 0 aromatic carbocycles. The molecule has 1 rings (SSSR count). The number of hydrogen-bond acceptors (Lipinski definition) is 1. The van der Waals surface area contributed by atoms with Gasteiger partial charge in [-0.15, -0.1) is 0 Å². The molecule has 0 heterocycles. The van der Waals surface area contributed by atoms with Crippen molar-refractivity contribution in [3.63, 3.8) is 0 Å². The molecule has 1 saturated carbocycles. The Morgan fingerprint density at radius 1 is 1.00 bits per heavy atom. The van der Waals surface area contributed by atoms with E-state index in [2.05, 4.69) is 0 Å². The summed E-state index contributed by atoms with van der Waals surface area (Å²) in [6.07, 6.45) is 13.7. The van der Waals surface area contributed by atoms with Crippen LogP contribution in [0.3, 0.4) is 0 Å². The van der Waals surface area contributed by atoms with E-state index in [9.17, 15) is 0 Å². The van der Waals surface area contributed by atoms with E-state index in [-0.39, 0.29) is 0 Å². The highest BCUT2D eigenvalue weighted by Gasteiger charge is 2.09. The lowest BCUT2D eigenvalue weighted by Crippen LogP contribution is -2.11. The Morgan fingerprint density at radius 2 is 1.58 bits per heavy atom. The van der Waals surface area contributed by atoms with Gasteiger partial charge in [0.05, 0.1) is 12.4 Å². The van der Waals surface area contributed by atoms with Crippen LogP contribution in [-0.4, -0.2) is 6.10 Å². The Kier molecular flexibility index (Phi) is 4.89. The molecule has 1 aliphatic rings. The Labute approximate surface area is 75.8 Å². The first kappa shape index (κ1) is 9.63. The van der Waals surface area contributed by atoms with Gasteiger partial charge in [-0.25, -0.2) is 0 Å². The molecule has 0 bridgehead atoms. The summed E-state index contributed by atoms with van der Waals surface area (Å²) in [5.41, 5.74) is 0. The van der Waals surface area contributed by atoms with Crippen LogP contribution in [0.1, 0.15) is 51.9 Å². The summed E-state index contributed by atoms with van der Waals surface area (Å²) >= 11 is 0. The van der Waals surface area contributed by atoms with Crippen molar-refractivity contribution in [1.29, 1.82) is 0 Å². The highest BCUT2D eigenvalue weighted by Crippen LogP contribution is 2.19. The second-order valence-electron chi connectivity index (χ2n) is 3.57. The molecule has 12 heavy (non-hydrogen) atoms. The van der Waals surface area contributed by atoms with Crippen LogP contribution in [0, 0.1) is 0 Å². The van der Waals surface area contributed by atoms with Crippen LogP contribution in [0.2, 0.25) is 0 Å². The Bertz CT molecular complexity index is 121. The summed E-state index contributed by atoms with van der Waals surface area (Å²) in [6.45, 7) is 2.00. The lowest BCUT2D eigenvalue weighted by molar-refractivity contribution is 0.116. The first-order valence-electron chi connectivity index (χ1n) is 5.20. The molecular formula is C11H20O. The highest BCUT2D eigenvalue weighted by molar-refractivity contribution is 4.70. The lowest BCUT2D eigenvalue weighted by Gasteiger charge is -2.18. The van der Waals surface area contributed by atoms with E-state index in [1.165, 1.54) is 44.9 Å². The van der Waals surface area contributed by atoms with Crippen LogP contribution in [-0.2, 0) is 4.74 Å². The van der Waals surface area contributed by atoms with E-state index in [4.69, 9.17) is 4.74 Å². The minimum atomic E-state index is 0.501. The van der Waals surface area contributed by atoms with E-state index in [0.717, 1.165) is 0 Å². The first-order valence-corrected chi connectivity index (χ1v) is 5.20. The van der Waals surface area contributed by atoms with Crippen LogP contribution in [0.4, 0.5) is 0 Å². The zero-order chi connectivity index (χ0) is 8.65. The van der Waals surface area contributed by atoms with Gasteiger partial charge in [0, 0.05) is 0 Å². The highest BCUT2D eigenvalue weighted by atomic mass is 16.5. The molecule has 1 aliphatic carbocycles. The molecule has 0 amide bonds. The van der Waals surface area contributed by atoms with Gasteiger partial charge in [-0.05, 0) is 32.6 Å². The molecule has 0 unspecified atom stereocenters. The summed E-state index contributed by atoms with van der Waals surface area (Å²) < 4.78 is 5.59. The van der Waals surface area contributed by atoms with Crippen molar-refractivity contribution >= 4 is 0 Å². The molecule has 0 N–H and O–H groups in total. The fraction of sp³-hybridized carbons (Fsp3) is 0.818.